The maximum absolute atomic E-state index is 12.3. The molecule has 2 atom stereocenters. The van der Waals surface area contributed by atoms with Crippen LogP contribution in [0, 0.1) is 17.8 Å². The van der Waals surface area contributed by atoms with Gasteiger partial charge in [0.15, 0.2) is 0 Å². The van der Waals surface area contributed by atoms with Crippen LogP contribution in [0.3, 0.4) is 0 Å². The number of alkyl halides is 3. The first-order valence-corrected chi connectivity index (χ1v) is 9.74. The molecule has 1 aliphatic carbocycles. The molecule has 2 aromatic carbocycles. The molecule has 2 aliphatic rings. The van der Waals surface area contributed by atoms with Gasteiger partial charge < -0.3 is 14.8 Å². The summed E-state index contributed by atoms with van der Waals surface area (Å²) in [6.45, 7) is 4.32. The molecule has 1 saturated carbocycles. The standard InChI is InChI=1S/C22H24F3N2O2/c1-28-17-7-5-15(6-8-17)12-27-13-20-19(21(20)14-27)11-26-10-16-3-2-4-18(9-16)29-22(23,24)25/h2-9,19-21H,10-14H2,1H3/q-1. The van der Waals surface area contributed by atoms with Crippen LogP contribution in [-0.4, -0.2) is 38.0 Å². The predicted octanol–water partition coefficient (Wildman–Crippen LogP) is 4.85. The summed E-state index contributed by atoms with van der Waals surface area (Å²) in [5, 5.41) is 4.58. The van der Waals surface area contributed by atoms with Crippen LogP contribution in [0.15, 0.2) is 48.5 Å². The topological polar surface area (TPSA) is 35.8 Å². The first-order valence-electron chi connectivity index (χ1n) is 9.74. The molecule has 0 amide bonds. The number of hydrogen-bond donors (Lipinski definition) is 0. The molecule has 1 saturated heterocycles. The van der Waals surface area contributed by atoms with Crippen LogP contribution >= 0.6 is 0 Å². The molecule has 2 unspecified atom stereocenters. The van der Waals surface area contributed by atoms with Gasteiger partial charge in [-0.3, -0.25) is 4.90 Å². The smallest absolute Gasteiger partial charge is 0.573 e. The van der Waals surface area contributed by atoms with Gasteiger partial charge in [-0.05, 0) is 41.7 Å². The molecule has 0 aromatic heterocycles. The predicted molar refractivity (Wildman–Crippen MR) is 104 cm³/mol. The minimum Gasteiger partial charge on any atom is -0.658 e. The third-order valence-electron chi connectivity index (χ3n) is 5.78. The fraction of sp³-hybridized carbons (Fsp3) is 0.455. The summed E-state index contributed by atoms with van der Waals surface area (Å²) in [6, 6.07) is 14.2. The van der Waals surface area contributed by atoms with Crippen molar-refractivity contribution in [2.45, 2.75) is 19.5 Å². The highest BCUT2D eigenvalue weighted by molar-refractivity contribution is 5.30. The fourth-order valence-corrected chi connectivity index (χ4v) is 4.31. The van der Waals surface area contributed by atoms with E-state index in [0.717, 1.165) is 37.5 Å². The quantitative estimate of drug-likeness (QED) is 0.630. The number of fused-ring (bicyclic) bond motifs is 1. The van der Waals surface area contributed by atoms with Gasteiger partial charge >= 0.3 is 6.36 Å². The molecule has 0 radical (unpaired) electrons. The minimum atomic E-state index is -4.67. The molecule has 29 heavy (non-hydrogen) atoms. The van der Waals surface area contributed by atoms with Crippen LogP contribution in [-0.2, 0) is 13.1 Å². The summed E-state index contributed by atoms with van der Waals surface area (Å²) in [5.41, 5.74) is 2.02. The lowest BCUT2D eigenvalue weighted by Crippen LogP contribution is -2.24. The highest BCUT2D eigenvalue weighted by Crippen LogP contribution is 2.52. The van der Waals surface area contributed by atoms with Crippen molar-refractivity contribution in [3.05, 3.63) is 65.0 Å². The van der Waals surface area contributed by atoms with E-state index < -0.39 is 6.36 Å². The number of rotatable bonds is 8. The summed E-state index contributed by atoms with van der Waals surface area (Å²) in [7, 11) is 1.67. The van der Waals surface area contributed by atoms with Gasteiger partial charge in [0.05, 0.1) is 7.11 Å². The number of nitrogens with zero attached hydrogens (tertiary/aromatic N) is 2. The van der Waals surface area contributed by atoms with Crippen molar-refractivity contribution in [1.82, 2.24) is 4.90 Å². The van der Waals surface area contributed by atoms with E-state index >= 15 is 0 Å². The average molecular weight is 405 g/mol. The largest absolute Gasteiger partial charge is 0.658 e. The van der Waals surface area contributed by atoms with E-state index in [0.29, 0.717) is 24.3 Å². The molecular formula is C22H24F3N2O2-. The number of ether oxygens (including phenoxy) is 2. The van der Waals surface area contributed by atoms with Gasteiger partial charge in [-0.1, -0.05) is 35.7 Å². The van der Waals surface area contributed by atoms with E-state index in [1.54, 1.807) is 19.2 Å². The van der Waals surface area contributed by atoms with Crippen LogP contribution in [0.1, 0.15) is 11.1 Å². The van der Waals surface area contributed by atoms with Crippen molar-refractivity contribution in [3.63, 3.8) is 0 Å². The number of hydrogen-bond acceptors (Lipinski definition) is 3. The maximum atomic E-state index is 12.3. The van der Waals surface area contributed by atoms with E-state index in [1.165, 1.54) is 17.7 Å². The van der Waals surface area contributed by atoms with Crippen LogP contribution in [0.5, 0.6) is 11.5 Å². The van der Waals surface area contributed by atoms with Gasteiger partial charge in [0.2, 0.25) is 0 Å². The second-order valence-corrected chi connectivity index (χ2v) is 7.79. The van der Waals surface area contributed by atoms with Gasteiger partial charge in [-0.25, -0.2) is 0 Å². The average Bonchev–Trinajstić information content (AvgIpc) is 3.12. The second-order valence-electron chi connectivity index (χ2n) is 7.79. The number of benzene rings is 2. The Morgan fingerprint density at radius 3 is 2.38 bits per heavy atom. The summed E-state index contributed by atoms with van der Waals surface area (Å²) in [6.07, 6.45) is -4.67. The highest BCUT2D eigenvalue weighted by atomic mass is 19.4. The lowest BCUT2D eigenvalue weighted by Gasteiger charge is -2.24. The molecule has 1 aliphatic heterocycles. The summed E-state index contributed by atoms with van der Waals surface area (Å²) in [4.78, 5) is 2.48. The van der Waals surface area contributed by atoms with Crippen molar-refractivity contribution in [2.75, 3.05) is 26.7 Å². The molecule has 4 nitrogen and oxygen atoms in total. The Labute approximate surface area is 168 Å². The fourth-order valence-electron chi connectivity index (χ4n) is 4.31. The lowest BCUT2D eigenvalue weighted by atomic mass is 10.2. The maximum Gasteiger partial charge on any atom is 0.573 e. The van der Waals surface area contributed by atoms with E-state index in [9.17, 15) is 13.2 Å². The van der Waals surface area contributed by atoms with Crippen molar-refractivity contribution in [1.29, 1.82) is 0 Å². The molecule has 2 fully saturated rings. The van der Waals surface area contributed by atoms with Gasteiger partial charge in [-0.15, -0.1) is 26.3 Å². The Morgan fingerprint density at radius 1 is 1.00 bits per heavy atom. The Morgan fingerprint density at radius 2 is 1.72 bits per heavy atom. The third-order valence-corrected chi connectivity index (χ3v) is 5.78. The van der Waals surface area contributed by atoms with Crippen molar-refractivity contribution in [2.24, 2.45) is 17.8 Å². The molecule has 2 aromatic rings. The Balaban J connectivity index is 1.18. The van der Waals surface area contributed by atoms with Crippen molar-refractivity contribution < 1.29 is 22.6 Å². The molecule has 156 valence electrons. The normalized spacial score (nSPS) is 23.7. The van der Waals surface area contributed by atoms with Crippen LogP contribution in [0.4, 0.5) is 13.2 Å². The minimum absolute atomic E-state index is 0.192. The first-order chi connectivity index (χ1) is 13.9. The first kappa shape index (κ1) is 20.0. The van der Waals surface area contributed by atoms with Crippen LogP contribution < -0.4 is 9.47 Å². The monoisotopic (exact) mass is 405 g/mol. The molecular weight excluding hydrogens is 381 g/mol. The SMILES string of the molecule is COc1ccc(CN2CC3C(C[N-]Cc4cccc(OC(F)(F)F)c4)C3C2)cc1. The third kappa shape index (κ3) is 5.22. The second kappa shape index (κ2) is 8.24. The Kier molecular flexibility index (Phi) is 5.69. The molecule has 0 bridgehead atoms. The number of halogens is 3. The highest BCUT2D eigenvalue weighted by Gasteiger charge is 2.52. The number of methoxy groups -OCH3 is 1. The van der Waals surface area contributed by atoms with Gasteiger partial charge in [-0.2, -0.15) is 0 Å². The van der Waals surface area contributed by atoms with E-state index in [-0.39, 0.29) is 5.75 Å². The molecule has 0 spiro atoms. The zero-order chi connectivity index (χ0) is 20.4. The van der Waals surface area contributed by atoms with E-state index in [2.05, 4.69) is 27.1 Å². The Bertz CT molecular complexity index is 814. The van der Waals surface area contributed by atoms with E-state index in [1.807, 2.05) is 12.1 Å². The molecule has 4 rings (SSSR count). The van der Waals surface area contributed by atoms with Gasteiger partial charge in [0.25, 0.3) is 0 Å². The van der Waals surface area contributed by atoms with Crippen LogP contribution in [0.25, 0.3) is 5.32 Å². The summed E-state index contributed by atoms with van der Waals surface area (Å²) in [5.74, 6) is 2.67. The molecule has 0 N–H and O–H groups in total. The van der Waals surface area contributed by atoms with E-state index in [4.69, 9.17) is 4.74 Å². The van der Waals surface area contributed by atoms with Crippen molar-refractivity contribution >= 4 is 0 Å². The molecule has 7 heteroatoms. The van der Waals surface area contributed by atoms with Crippen molar-refractivity contribution in [3.8, 4) is 11.5 Å². The Hall–Kier alpha value is -2.25. The van der Waals surface area contributed by atoms with Crippen LogP contribution in [0.2, 0.25) is 0 Å². The lowest BCUT2D eigenvalue weighted by molar-refractivity contribution is -0.274. The zero-order valence-corrected chi connectivity index (χ0v) is 16.2. The number of likely N-dealkylation sites (tertiary alicyclic amines) is 1. The number of piperidine rings is 1. The molecule has 1 heterocycles. The van der Waals surface area contributed by atoms with Gasteiger partial charge in [0, 0.05) is 19.6 Å². The zero-order valence-electron chi connectivity index (χ0n) is 16.2. The van der Waals surface area contributed by atoms with Gasteiger partial charge in [0.1, 0.15) is 11.5 Å². The summed E-state index contributed by atoms with van der Waals surface area (Å²) < 4.78 is 46.1. The summed E-state index contributed by atoms with van der Waals surface area (Å²) >= 11 is 0.